The first kappa shape index (κ1) is 26.3. The minimum absolute atomic E-state index is 0.00291. The average Bonchev–Trinajstić information content (AvgIpc) is 3.58. The van der Waals surface area contributed by atoms with Crippen molar-refractivity contribution in [2.24, 2.45) is 10.2 Å². The number of aryl methyl sites for hydroxylation is 1. The molecule has 0 fully saturated rings. The summed E-state index contributed by atoms with van der Waals surface area (Å²) in [5.41, 5.74) is -0.794. The lowest BCUT2D eigenvalue weighted by Crippen LogP contribution is -2.48. The van der Waals surface area contributed by atoms with Gasteiger partial charge in [-0.25, -0.2) is 14.0 Å². The molecule has 2 heterocycles. The van der Waals surface area contributed by atoms with Gasteiger partial charge in [-0.15, -0.1) is 5.11 Å². The summed E-state index contributed by atoms with van der Waals surface area (Å²) in [6.45, 7) is 1.67. The number of halogens is 1. The van der Waals surface area contributed by atoms with E-state index in [9.17, 15) is 14.7 Å². The van der Waals surface area contributed by atoms with Crippen LogP contribution in [0.1, 0.15) is 33.4 Å². The van der Waals surface area contributed by atoms with Gasteiger partial charge in [0.25, 0.3) is 0 Å². The first-order chi connectivity index (χ1) is 19.3. The van der Waals surface area contributed by atoms with Crippen LogP contribution in [-0.4, -0.2) is 41.5 Å². The number of hydrogen-bond donors (Lipinski definition) is 3. The van der Waals surface area contributed by atoms with Crippen LogP contribution in [0.15, 0.2) is 75.4 Å². The molecule has 12 nitrogen and oxygen atoms in total. The Bertz CT molecular complexity index is 1620. The van der Waals surface area contributed by atoms with E-state index >= 15 is 4.39 Å². The lowest BCUT2D eigenvalue weighted by Gasteiger charge is -2.36. The van der Waals surface area contributed by atoms with Crippen molar-refractivity contribution in [3.05, 3.63) is 89.1 Å². The maximum atomic E-state index is 15.8. The average molecular weight is 547 g/mol. The van der Waals surface area contributed by atoms with Gasteiger partial charge in [-0.05, 0) is 36.4 Å². The Kier molecular flexibility index (Phi) is 6.86. The monoisotopic (exact) mass is 546 g/mol. The Balaban J connectivity index is 1.69. The number of aromatic nitrogens is 2. The summed E-state index contributed by atoms with van der Waals surface area (Å²) in [4.78, 5) is 28.9. The normalized spacial score (nSPS) is 16.9. The third kappa shape index (κ3) is 4.68. The number of benzene rings is 3. The predicted molar refractivity (Wildman–Crippen MR) is 139 cm³/mol. The van der Waals surface area contributed by atoms with Crippen LogP contribution < -0.4 is 20.1 Å². The van der Waals surface area contributed by atoms with Gasteiger partial charge in [0.05, 0.1) is 19.8 Å². The van der Waals surface area contributed by atoms with Crippen molar-refractivity contribution < 1.29 is 33.1 Å². The third-order valence-corrected chi connectivity index (χ3v) is 6.38. The molecule has 3 aromatic carbocycles. The molecule has 5 rings (SSSR count). The molecule has 0 radical (unpaired) electrons. The van der Waals surface area contributed by atoms with Gasteiger partial charge >= 0.3 is 12.0 Å². The lowest BCUT2D eigenvalue weighted by atomic mass is 9.84. The summed E-state index contributed by atoms with van der Waals surface area (Å²) in [7, 11) is 2.77. The zero-order valence-electron chi connectivity index (χ0n) is 21.5. The Morgan fingerprint density at radius 3 is 2.40 bits per heavy atom. The topological polar surface area (TPSA) is 161 Å². The lowest BCUT2D eigenvalue weighted by molar-refractivity contribution is 0.0692. The number of urea groups is 1. The summed E-state index contributed by atoms with van der Waals surface area (Å²) < 4.78 is 31.5. The number of rotatable bonds is 9. The number of carboxylic acid groups (broad SMARTS) is 1. The van der Waals surface area contributed by atoms with Crippen LogP contribution in [0.5, 0.6) is 11.5 Å². The second kappa shape index (κ2) is 10.4. The Morgan fingerprint density at radius 2 is 1.80 bits per heavy atom. The fourth-order valence-electron chi connectivity index (χ4n) is 4.54. The van der Waals surface area contributed by atoms with E-state index in [1.807, 2.05) is 0 Å². The van der Waals surface area contributed by atoms with Crippen LogP contribution in [0, 0.1) is 12.7 Å². The van der Waals surface area contributed by atoms with E-state index in [0.29, 0.717) is 23.0 Å². The number of methoxy groups -OCH3 is 2. The molecule has 0 saturated carbocycles. The number of ether oxygens (including phenoxy) is 2. The molecular formula is C27H23FN6O6. The van der Waals surface area contributed by atoms with E-state index in [1.165, 1.54) is 38.5 Å². The summed E-state index contributed by atoms with van der Waals surface area (Å²) >= 11 is 0. The highest BCUT2D eigenvalue weighted by atomic mass is 19.1. The molecule has 1 aromatic heterocycles. The standard InChI is InChI=1S/C27H23FN6O6/c1-14-29-24(33-40-14)15-8-10-16(11-9-15)30-23(18-12-21(38-2)22(39-3)13-20(18)28)27(31-26(37)32-34-27)19-7-5-4-6-17(19)25(35)36/h4-13,23,30H,1-3H3,(H,31,37)(H,35,36). The van der Waals surface area contributed by atoms with Gasteiger partial charge in [-0.1, -0.05) is 28.5 Å². The van der Waals surface area contributed by atoms with Gasteiger partial charge in [-0.3, -0.25) is 0 Å². The second-order valence-electron chi connectivity index (χ2n) is 8.77. The number of nitrogens with zero attached hydrogens (tertiary/aromatic N) is 4. The molecule has 1 aliphatic heterocycles. The molecule has 204 valence electrons. The highest BCUT2D eigenvalue weighted by molar-refractivity contribution is 5.90. The van der Waals surface area contributed by atoms with Crippen LogP contribution in [0.25, 0.3) is 11.4 Å². The van der Waals surface area contributed by atoms with Crippen LogP contribution in [0.3, 0.4) is 0 Å². The van der Waals surface area contributed by atoms with Gasteiger partial charge in [0, 0.05) is 35.4 Å². The fourth-order valence-corrected chi connectivity index (χ4v) is 4.54. The van der Waals surface area contributed by atoms with Crippen LogP contribution >= 0.6 is 0 Å². The minimum atomic E-state index is -1.87. The minimum Gasteiger partial charge on any atom is -0.493 e. The largest absolute Gasteiger partial charge is 0.493 e. The zero-order valence-corrected chi connectivity index (χ0v) is 21.5. The van der Waals surface area contributed by atoms with E-state index in [0.717, 1.165) is 6.07 Å². The maximum Gasteiger partial charge on any atom is 0.361 e. The number of anilines is 1. The van der Waals surface area contributed by atoms with Gasteiger partial charge in [0.15, 0.2) is 11.5 Å². The quantitative estimate of drug-likeness (QED) is 0.260. The van der Waals surface area contributed by atoms with Crippen molar-refractivity contribution in [1.82, 2.24) is 15.5 Å². The number of amides is 2. The van der Waals surface area contributed by atoms with E-state index in [4.69, 9.17) is 14.0 Å². The first-order valence-corrected chi connectivity index (χ1v) is 11.9. The molecule has 1 aliphatic rings. The first-order valence-electron chi connectivity index (χ1n) is 11.9. The molecule has 0 saturated heterocycles. The molecule has 0 aliphatic carbocycles. The van der Waals surface area contributed by atoms with E-state index < -0.39 is 29.5 Å². The Hall–Kier alpha value is -5.33. The molecule has 0 spiro atoms. The van der Waals surface area contributed by atoms with Crippen LogP contribution in [0.2, 0.25) is 0 Å². The van der Waals surface area contributed by atoms with E-state index in [2.05, 4.69) is 31.0 Å². The summed E-state index contributed by atoms with van der Waals surface area (Å²) in [5.74, 6) is -0.858. The zero-order chi connectivity index (χ0) is 28.4. The van der Waals surface area contributed by atoms with E-state index in [-0.39, 0.29) is 28.2 Å². The van der Waals surface area contributed by atoms with Gasteiger partial charge in [0.1, 0.15) is 11.9 Å². The van der Waals surface area contributed by atoms with Gasteiger partial charge in [0.2, 0.25) is 17.4 Å². The molecule has 2 unspecified atom stereocenters. The van der Waals surface area contributed by atoms with Crippen molar-refractivity contribution in [3.8, 4) is 22.9 Å². The second-order valence-corrected chi connectivity index (χ2v) is 8.77. The number of azo groups is 1. The molecule has 13 heteroatoms. The van der Waals surface area contributed by atoms with Crippen LogP contribution in [0.4, 0.5) is 14.9 Å². The number of carboxylic acids is 1. The van der Waals surface area contributed by atoms with E-state index in [1.54, 1.807) is 37.3 Å². The highest BCUT2D eigenvalue weighted by Crippen LogP contribution is 2.45. The molecule has 4 aromatic rings. The SMILES string of the molecule is COc1cc(F)c(C(Nc2ccc(-c3noc(C)n3)cc2)C2(c3ccccc3C(=O)O)N=NC(=O)N2)cc1OC. The third-order valence-electron chi connectivity index (χ3n) is 6.38. The number of hydrogen-bond acceptors (Lipinski definition) is 9. The fraction of sp³-hybridized carbons (Fsp3) is 0.185. The Morgan fingerprint density at radius 1 is 1.10 bits per heavy atom. The van der Waals surface area contributed by atoms with Crippen molar-refractivity contribution in [1.29, 1.82) is 0 Å². The summed E-state index contributed by atoms with van der Waals surface area (Å²) in [6.07, 6.45) is 0. The summed E-state index contributed by atoms with van der Waals surface area (Å²) in [5, 5.41) is 27.6. The summed E-state index contributed by atoms with van der Waals surface area (Å²) in [6, 6.07) is 13.3. The Labute approximate surface area is 226 Å². The van der Waals surface area contributed by atoms with Crippen LogP contribution in [-0.2, 0) is 5.66 Å². The molecule has 0 bridgehead atoms. The number of carbonyl (C=O) groups excluding carboxylic acids is 1. The smallest absolute Gasteiger partial charge is 0.361 e. The highest BCUT2D eigenvalue weighted by Gasteiger charge is 2.50. The predicted octanol–water partition coefficient (Wildman–Crippen LogP) is 5.08. The molecular weight excluding hydrogens is 523 g/mol. The molecule has 3 N–H and O–H groups in total. The number of aromatic carboxylic acids is 1. The molecule has 40 heavy (non-hydrogen) atoms. The van der Waals surface area contributed by atoms with Crippen molar-refractivity contribution in [2.75, 3.05) is 19.5 Å². The molecule has 2 atom stereocenters. The van der Waals surface area contributed by atoms with Gasteiger partial charge in [-0.2, -0.15) is 4.98 Å². The van der Waals surface area contributed by atoms with Crippen molar-refractivity contribution in [2.45, 2.75) is 18.6 Å². The number of nitrogens with one attached hydrogen (secondary N) is 2. The van der Waals surface area contributed by atoms with Gasteiger partial charge < -0.3 is 29.7 Å². The molecule has 2 amide bonds. The number of carbonyl (C=O) groups is 2. The van der Waals surface area contributed by atoms with Crippen molar-refractivity contribution in [3.63, 3.8) is 0 Å². The maximum absolute atomic E-state index is 15.8. The van der Waals surface area contributed by atoms with Crippen molar-refractivity contribution >= 4 is 17.7 Å².